The average molecular weight is 461 g/mol. The van der Waals surface area contributed by atoms with Gasteiger partial charge in [-0.15, -0.1) is 5.10 Å². The van der Waals surface area contributed by atoms with Crippen molar-refractivity contribution in [1.29, 1.82) is 0 Å². The Morgan fingerprint density at radius 1 is 1.09 bits per heavy atom. The molecule has 6 nitrogen and oxygen atoms in total. The molecule has 0 unspecified atom stereocenters. The number of thioether (sulfide) groups is 1. The van der Waals surface area contributed by atoms with Crippen molar-refractivity contribution in [3.05, 3.63) is 71.5 Å². The number of benzene rings is 2. The monoisotopic (exact) mass is 460 g/mol. The van der Waals surface area contributed by atoms with Crippen molar-refractivity contribution in [2.75, 3.05) is 11.1 Å². The molecule has 0 radical (unpaired) electrons. The number of hydrogen-bond donors (Lipinski definition) is 1. The Labute approximate surface area is 198 Å². The lowest BCUT2D eigenvalue weighted by atomic mass is 9.70. The zero-order valence-electron chi connectivity index (χ0n) is 19.2. The molecule has 1 N–H and O–H groups in total. The normalized spacial score (nSPS) is 22.1. The van der Waals surface area contributed by atoms with E-state index in [-0.39, 0.29) is 22.5 Å². The number of nitrogens with one attached hydrogen (secondary N) is 1. The molecule has 1 fully saturated rings. The quantitative estimate of drug-likeness (QED) is 0.479. The van der Waals surface area contributed by atoms with Crippen LogP contribution in [0.25, 0.3) is 0 Å². The highest BCUT2D eigenvalue weighted by Gasteiger charge is 2.61. The van der Waals surface area contributed by atoms with E-state index in [0.29, 0.717) is 17.7 Å². The molecule has 2 aliphatic carbocycles. The molecule has 0 spiro atoms. The maximum absolute atomic E-state index is 12.5. The minimum Gasteiger partial charge on any atom is -0.489 e. The summed E-state index contributed by atoms with van der Waals surface area (Å²) in [7, 11) is 0. The maximum atomic E-state index is 12.5. The first-order valence-corrected chi connectivity index (χ1v) is 12.3. The van der Waals surface area contributed by atoms with Gasteiger partial charge in [-0.3, -0.25) is 4.79 Å². The van der Waals surface area contributed by atoms with Crippen molar-refractivity contribution < 1.29 is 9.53 Å². The van der Waals surface area contributed by atoms with Gasteiger partial charge in [-0.05, 0) is 48.1 Å². The molecule has 7 heteroatoms. The second-order valence-electron chi connectivity index (χ2n) is 9.61. The summed E-state index contributed by atoms with van der Waals surface area (Å²) < 4.78 is 5.80. The smallest absolute Gasteiger partial charge is 0.234 e. The van der Waals surface area contributed by atoms with Gasteiger partial charge in [0.15, 0.2) is 0 Å². The molecule has 5 rings (SSSR count). The molecule has 2 atom stereocenters. The first-order valence-electron chi connectivity index (χ1n) is 11.3. The van der Waals surface area contributed by atoms with Crippen LogP contribution in [0.2, 0.25) is 0 Å². The second kappa shape index (κ2) is 8.45. The summed E-state index contributed by atoms with van der Waals surface area (Å²) in [5.41, 5.74) is 4.15. The number of anilines is 1. The molecule has 1 aromatic heterocycles. The van der Waals surface area contributed by atoms with Gasteiger partial charge in [0.05, 0.1) is 17.1 Å². The molecular weight excluding hydrogens is 432 g/mol. The van der Waals surface area contributed by atoms with Crippen LogP contribution in [0.1, 0.15) is 56.5 Å². The topological polar surface area (TPSA) is 77.0 Å². The lowest BCUT2D eigenvalue weighted by molar-refractivity contribution is -0.113. The summed E-state index contributed by atoms with van der Waals surface area (Å²) in [6.45, 7) is 7.43. The molecule has 0 saturated heterocycles. The van der Waals surface area contributed by atoms with E-state index >= 15 is 0 Å². The van der Waals surface area contributed by atoms with E-state index in [1.54, 1.807) is 0 Å². The molecule has 1 amide bonds. The van der Waals surface area contributed by atoms with Crippen molar-refractivity contribution in [3.63, 3.8) is 0 Å². The van der Waals surface area contributed by atoms with Crippen LogP contribution in [0.4, 0.5) is 5.69 Å². The fraction of sp³-hybridized carbons (Fsp3) is 0.385. The van der Waals surface area contributed by atoms with E-state index in [2.05, 4.69) is 36.3 Å². The van der Waals surface area contributed by atoms with Gasteiger partial charge in [0.1, 0.15) is 12.4 Å². The Kier molecular flexibility index (Phi) is 5.60. The van der Waals surface area contributed by atoms with Crippen LogP contribution in [0, 0.1) is 5.41 Å². The molecule has 170 valence electrons. The van der Waals surface area contributed by atoms with Crippen LogP contribution in [-0.4, -0.2) is 26.8 Å². The Morgan fingerprint density at radius 2 is 1.85 bits per heavy atom. The first kappa shape index (κ1) is 21.9. The first-order chi connectivity index (χ1) is 15.9. The van der Waals surface area contributed by atoms with Crippen LogP contribution in [-0.2, 0) is 16.8 Å². The van der Waals surface area contributed by atoms with Crippen LogP contribution < -0.4 is 10.1 Å². The summed E-state index contributed by atoms with van der Waals surface area (Å²) in [5, 5.41) is 12.3. The third-order valence-electron chi connectivity index (χ3n) is 7.49. The molecule has 33 heavy (non-hydrogen) atoms. The van der Waals surface area contributed by atoms with Gasteiger partial charge in [0, 0.05) is 17.0 Å². The van der Waals surface area contributed by atoms with E-state index in [0.717, 1.165) is 41.2 Å². The van der Waals surface area contributed by atoms with Crippen molar-refractivity contribution in [2.24, 2.45) is 5.41 Å². The minimum absolute atomic E-state index is 0.0326. The van der Waals surface area contributed by atoms with Gasteiger partial charge in [-0.1, -0.05) is 62.9 Å². The lowest BCUT2D eigenvalue weighted by Crippen LogP contribution is -2.32. The number of amides is 1. The molecule has 0 aliphatic heterocycles. The fourth-order valence-electron chi connectivity index (χ4n) is 5.13. The van der Waals surface area contributed by atoms with Crippen LogP contribution >= 0.6 is 11.8 Å². The molecule has 1 saturated carbocycles. The summed E-state index contributed by atoms with van der Waals surface area (Å²) in [5.74, 6) is 1.32. The second-order valence-corrected chi connectivity index (χ2v) is 10.6. The van der Waals surface area contributed by atoms with Crippen LogP contribution in [0.5, 0.6) is 5.75 Å². The third kappa shape index (κ3) is 3.99. The number of hydrogen-bond acceptors (Lipinski definition) is 6. The van der Waals surface area contributed by atoms with Gasteiger partial charge in [0.25, 0.3) is 0 Å². The Balaban J connectivity index is 1.15. The fourth-order valence-corrected chi connectivity index (χ4v) is 5.71. The zero-order valence-corrected chi connectivity index (χ0v) is 20.0. The van der Waals surface area contributed by atoms with Gasteiger partial charge >= 0.3 is 0 Å². The molecule has 2 bridgehead atoms. The van der Waals surface area contributed by atoms with E-state index in [9.17, 15) is 4.79 Å². The largest absolute Gasteiger partial charge is 0.489 e. The van der Waals surface area contributed by atoms with Crippen molar-refractivity contribution >= 4 is 23.4 Å². The van der Waals surface area contributed by atoms with E-state index in [4.69, 9.17) is 9.72 Å². The standard InChI is InChI=1S/C26H28N4O2S/c1-25(2)20-13-14-26(25,3)23-22(20)29-30-24(28-23)33-16-21(31)27-18-9-11-19(12-10-18)32-15-17-7-5-4-6-8-17/h4-12,20H,13-16H2,1-3H3,(H,27,31)/t20-,26-/m0/s1. The van der Waals surface area contributed by atoms with E-state index in [1.165, 1.54) is 11.8 Å². The minimum atomic E-state index is -0.102. The molecule has 2 aliphatic rings. The van der Waals surface area contributed by atoms with Crippen molar-refractivity contribution in [1.82, 2.24) is 15.2 Å². The number of nitrogens with zero attached hydrogens (tertiary/aromatic N) is 3. The summed E-state index contributed by atoms with van der Waals surface area (Å²) in [4.78, 5) is 17.3. The summed E-state index contributed by atoms with van der Waals surface area (Å²) in [6.07, 6.45) is 2.28. The number of fused-ring (bicyclic) bond motifs is 5. The van der Waals surface area contributed by atoms with E-state index in [1.807, 2.05) is 54.6 Å². The highest BCUT2D eigenvalue weighted by atomic mass is 32.2. The highest BCUT2D eigenvalue weighted by molar-refractivity contribution is 7.99. The number of carbonyl (C=O) groups excluding carboxylic acids is 1. The van der Waals surface area contributed by atoms with Gasteiger partial charge in [0.2, 0.25) is 11.1 Å². The predicted octanol–water partition coefficient (Wildman–Crippen LogP) is 5.36. The van der Waals surface area contributed by atoms with Gasteiger partial charge < -0.3 is 10.1 Å². The number of carbonyl (C=O) groups is 1. The van der Waals surface area contributed by atoms with Crippen molar-refractivity contribution in [3.8, 4) is 5.75 Å². The molecule has 3 aromatic rings. The van der Waals surface area contributed by atoms with Crippen LogP contribution in [0.3, 0.4) is 0 Å². The lowest BCUT2D eigenvalue weighted by Gasteiger charge is -2.33. The number of ether oxygens (including phenoxy) is 1. The average Bonchev–Trinajstić information content (AvgIpc) is 3.16. The molecule has 1 heterocycles. The van der Waals surface area contributed by atoms with Crippen LogP contribution in [0.15, 0.2) is 59.8 Å². The predicted molar refractivity (Wildman–Crippen MR) is 130 cm³/mol. The summed E-state index contributed by atoms with van der Waals surface area (Å²) >= 11 is 1.33. The Morgan fingerprint density at radius 3 is 2.61 bits per heavy atom. The SMILES string of the molecule is CC1(C)[C@H]2CC[C@@]1(C)c1nc(SCC(=O)Nc3ccc(OCc4ccccc4)cc3)nnc12. The number of aromatic nitrogens is 3. The maximum Gasteiger partial charge on any atom is 0.234 e. The van der Waals surface area contributed by atoms with Gasteiger partial charge in [-0.2, -0.15) is 5.10 Å². The van der Waals surface area contributed by atoms with Crippen molar-refractivity contribution in [2.45, 2.75) is 56.7 Å². The molecule has 2 aromatic carbocycles. The third-order valence-corrected chi connectivity index (χ3v) is 8.33. The van der Waals surface area contributed by atoms with E-state index < -0.39 is 0 Å². The van der Waals surface area contributed by atoms with Gasteiger partial charge in [-0.25, -0.2) is 4.98 Å². The molecular formula is C26H28N4O2S. The highest BCUT2D eigenvalue weighted by Crippen LogP contribution is 2.66. The zero-order chi connectivity index (χ0) is 23.1. The number of rotatable bonds is 7. The Bertz CT molecular complexity index is 1170. The summed E-state index contributed by atoms with van der Waals surface area (Å²) in [6, 6.07) is 17.4. The Hall–Kier alpha value is -2.93.